The number of hydrogen-bond donors (Lipinski definition) is 0. The molecule has 1 unspecified atom stereocenters. The Labute approximate surface area is 359 Å². The van der Waals surface area contributed by atoms with Crippen LogP contribution in [-0.4, -0.2) is 18.8 Å². The molecule has 5 heteroatoms. The van der Waals surface area contributed by atoms with E-state index in [1.807, 2.05) is 30.3 Å². The third kappa shape index (κ3) is 4.40. The van der Waals surface area contributed by atoms with Crippen LogP contribution in [0.15, 0.2) is 97.2 Å². The smallest absolute Gasteiger partial charge is 0.0813 e. The van der Waals surface area contributed by atoms with Crippen molar-refractivity contribution in [1.82, 2.24) is 18.8 Å². The molecule has 0 N–H and O–H groups in total. The summed E-state index contributed by atoms with van der Waals surface area (Å²) in [5, 5.41) is 6.24. The van der Waals surface area contributed by atoms with E-state index in [0.717, 1.165) is 56.9 Å². The third-order valence-corrected chi connectivity index (χ3v) is 15.6. The molecule has 12 rings (SSSR count). The van der Waals surface area contributed by atoms with Gasteiger partial charge in [-0.25, -0.2) is 0 Å². The third-order valence-electron chi connectivity index (χ3n) is 15.6. The van der Waals surface area contributed by atoms with Gasteiger partial charge in [-0.3, -0.25) is 9.97 Å². The number of fused-ring (bicyclic) bond motifs is 8. The van der Waals surface area contributed by atoms with Gasteiger partial charge in [0.05, 0.1) is 17.0 Å². The molecule has 0 saturated carbocycles. The Kier molecular flexibility index (Phi) is 6.99. The Morgan fingerprint density at radius 1 is 0.621 bits per heavy atom. The Bertz CT molecular complexity index is 3350. The molecule has 6 heterocycles. The van der Waals surface area contributed by atoms with Crippen molar-refractivity contribution in [2.24, 2.45) is 0 Å². The molecule has 293 valence electrons. The number of aromatic nitrogens is 4. The monoisotopic (exact) mass is 938 g/mol. The number of benzene rings is 5. The maximum atomic E-state index is 8.41. The summed E-state index contributed by atoms with van der Waals surface area (Å²) < 4.78 is 29.9. The van der Waals surface area contributed by atoms with Crippen LogP contribution < -0.4 is 0 Å². The molecule has 3 aliphatic rings. The van der Waals surface area contributed by atoms with Crippen LogP contribution in [0.25, 0.3) is 65.9 Å². The van der Waals surface area contributed by atoms with Crippen LogP contribution >= 0.6 is 0 Å². The number of para-hydroxylation sites is 1. The fraction of sp³-hybridized carbons (Fsp3) is 0.321. The SMILES string of the molecule is CC1(C)c2cccc3c4ccc[c-]c4c4ncc(n4c23)C1(C)C.[2H]C([2H])([2H])c1ccc2c3c1c1ccc[c-]c1c1nc4c(n13)C(C)(CCC(C)(C)c1ccccc1-4)C2(C)C.[Ir]. The van der Waals surface area contributed by atoms with E-state index in [1.165, 1.54) is 49.9 Å². The van der Waals surface area contributed by atoms with E-state index >= 15 is 0 Å². The molecule has 0 bridgehead atoms. The second kappa shape index (κ2) is 11.9. The Hall–Kier alpha value is -4.83. The molecule has 5 aromatic carbocycles. The summed E-state index contributed by atoms with van der Waals surface area (Å²) in [7, 11) is 0. The van der Waals surface area contributed by atoms with E-state index in [-0.39, 0.29) is 47.2 Å². The molecule has 0 fully saturated rings. The van der Waals surface area contributed by atoms with Crippen LogP contribution in [0, 0.1) is 19.0 Å². The van der Waals surface area contributed by atoms with E-state index in [4.69, 9.17) is 14.1 Å². The van der Waals surface area contributed by atoms with Crippen molar-refractivity contribution in [3.63, 3.8) is 0 Å². The number of hydrogen-bond acceptors (Lipinski definition) is 2. The maximum Gasteiger partial charge on any atom is 0.0813 e. The van der Waals surface area contributed by atoms with Crippen LogP contribution in [0.1, 0.15) is 113 Å². The molecule has 1 aliphatic carbocycles. The summed E-state index contributed by atoms with van der Waals surface area (Å²) in [4.78, 5) is 10.2. The van der Waals surface area contributed by atoms with Gasteiger partial charge in [0.1, 0.15) is 0 Å². The van der Waals surface area contributed by atoms with Gasteiger partial charge in [0.15, 0.2) is 0 Å². The first kappa shape index (κ1) is 34.1. The zero-order valence-corrected chi connectivity index (χ0v) is 37.2. The first-order chi connectivity index (χ1) is 28.3. The van der Waals surface area contributed by atoms with Gasteiger partial charge >= 0.3 is 0 Å². The Morgan fingerprint density at radius 3 is 2.05 bits per heavy atom. The average molecular weight is 938 g/mol. The van der Waals surface area contributed by atoms with Crippen molar-refractivity contribution in [2.45, 2.75) is 109 Å². The van der Waals surface area contributed by atoms with Crippen molar-refractivity contribution in [1.29, 1.82) is 0 Å². The fourth-order valence-electron chi connectivity index (χ4n) is 11.1. The normalized spacial score (nSPS) is 21.2. The molecule has 1 radical (unpaired) electrons. The molecule has 4 nitrogen and oxygen atoms in total. The van der Waals surface area contributed by atoms with Gasteiger partial charge < -0.3 is 8.80 Å². The molecule has 0 amide bonds. The number of pyridine rings is 2. The summed E-state index contributed by atoms with van der Waals surface area (Å²) in [5.74, 6) is 0. The van der Waals surface area contributed by atoms with Gasteiger partial charge in [-0.05, 0) is 52.6 Å². The summed E-state index contributed by atoms with van der Waals surface area (Å²) in [6.45, 7) is 18.9. The summed E-state index contributed by atoms with van der Waals surface area (Å²) in [6, 6.07) is 38.3. The minimum atomic E-state index is -2.23. The molecule has 0 spiro atoms. The van der Waals surface area contributed by atoms with Crippen LogP contribution in [0.4, 0.5) is 0 Å². The van der Waals surface area contributed by atoms with E-state index in [2.05, 4.69) is 150 Å². The van der Waals surface area contributed by atoms with Gasteiger partial charge in [-0.2, -0.15) is 0 Å². The zero-order chi connectivity index (χ0) is 42.1. The van der Waals surface area contributed by atoms with Crippen LogP contribution in [0.5, 0.6) is 0 Å². The first-order valence-electron chi connectivity index (χ1n) is 22.0. The molecule has 1 atom stereocenters. The summed E-state index contributed by atoms with van der Waals surface area (Å²) in [5.41, 5.74) is 12.8. The molecule has 58 heavy (non-hydrogen) atoms. The van der Waals surface area contributed by atoms with Crippen LogP contribution in [0.2, 0.25) is 0 Å². The van der Waals surface area contributed by atoms with E-state index in [1.54, 1.807) is 0 Å². The van der Waals surface area contributed by atoms with Gasteiger partial charge in [0.25, 0.3) is 0 Å². The molecule has 4 aromatic heterocycles. The van der Waals surface area contributed by atoms with Crippen molar-refractivity contribution < 1.29 is 24.2 Å². The van der Waals surface area contributed by atoms with Gasteiger partial charge in [0.2, 0.25) is 0 Å². The number of aryl methyl sites for hydroxylation is 1. The minimum Gasteiger partial charge on any atom is -0.337 e. The van der Waals surface area contributed by atoms with Crippen molar-refractivity contribution in [3.05, 3.63) is 143 Å². The summed E-state index contributed by atoms with van der Waals surface area (Å²) >= 11 is 0. The quantitative estimate of drug-likeness (QED) is 0.112. The van der Waals surface area contributed by atoms with Crippen molar-refractivity contribution >= 4 is 54.6 Å². The topological polar surface area (TPSA) is 34.6 Å². The Balaban J connectivity index is 0.000000159. The van der Waals surface area contributed by atoms with Crippen LogP contribution in [0.3, 0.4) is 0 Å². The first-order valence-corrected chi connectivity index (χ1v) is 20.5. The second-order valence-electron chi connectivity index (χ2n) is 19.4. The summed E-state index contributed by atoms with van der Waals surface area (Å²) in [6.07, 6.45) is 4.11. The van der Waals surface area contributed by atoms with E-state index in [0.29, 0.717) is 5.56 Å². The van der Waals surface area contributed by atoms with Crippen molar-refractivity contribution in [2.75, 3.05) is 0 Å². The fourth-order valence-corrected chi connectivity index (χ4v) is 11.1. The predicted molar refractivity (Wildman–Crippen MR) is 237 cm³/mol. The minimum absolute atomic E-state index is 0. The number of rotatable bonds is 0. The molecule has 2 aliphatic heterocycles. The maximum absolute atomic E-state index is 8.41. The molecular formula is C53H50IrN4-2. The van der Waals surface area contributed by atoms with Crippen LogP contribution in [-0.2, 0) is 47.2 Å². The average Bonchev–Trinajstić information content (AvgIpc) is 3.86. The molecule has 0 saturated heterocycles. The second-order valence-corrected chi connectivity index (χ2v) is 19.4. The molecule has 9 aromatic rings. The van der Waals surface area contributed by atoms with Gasteiger partial charge in [-0.1, -0.05) is 133 Å². The van der Waals surface area contributed by atoms with E-state index in [9.17, 15) is 0 Å². The van der Waals surface area contributed by atoms with Gasteiger partial charge in [0, 0.05) is 80.1 Å². The largest absolute Gasteiger partial charge is 0.337 e. The predicted octanol–water partition coefficient (Wildman–Crippen LogP) is 13.0. The van der Waals surface area contributed by atoms with Crippen molar-refractivity contribution in [3.8, 4) is 11.3 Å². The zero-order valence-electron chi connectivity index (χ0n) is 37.8. The van der Waals surface area contributed by atoms with E-state index < -0.39 is 6.85 Å². The number of nitrogens with zero attached hydrogens (tertiary/aromatic N) is 4. The standard InChI is InChI=1S/C32H31N2.C21H19N2.Ir/c1-19-15-16-24-27-25(19)20-11-7-8-12-21(20)29-33-26-22-13-9-10-14-23(22)30(2,3)17-18-32(6,31(24,4)5)28(26)34(27)29;1-20(2)16-11-7-10-14-13-8-5-6-9-15(13)19-22-12-17(21(20,3)4)23(19)18(14)16;/h7-11,13-16H,17-18H2,1-6H3;5-8,10-12H,1-4H3;/q2*-1;/i1D3;;. The number of imidazole rings is 2. The molecular weight excluding hydrogens is 885 g/mol. The van der Waals surface area contributed by atoms with Gasteiger partial charge in [-0.15, -0.1) is 59.3 Å². The Morgan fingerprint density at radius 2 is 1.29 bits per heavy atom.